The Kier molecular flexibility index (Phi) is 33.7. The van der Waals surface area contributed by atoms with E-state index in [1.807, 2.05) is 109 Å². The molecular formula is C77H122N14O13. The van der Waals surface area contributed by atoms with E-state index in [9.17, 15) is 43.5 Å². The first-order chi connectivity index (χ1) is 48.6. The Morgan fingerprint density at radius 2 is 1.05 bits per heavy atom. The van der Waals surface area contributed by atoms with E-state index in [2.05, 4.69) is 31.6 Å². The first-order valence-electron chi connectivity index (χ1n) is 36.8. The molecule has 1 aliphatic heterocycles. The molecule has 6 N–H and O–H groups in total. The number of hydrogen-bond acceptors (Lipinski definition) is 14. The van der Waals surface area contributed by atoms with Gasteiger partial charge in [-0.3, -0.25) is 57.5 Å². The second-order valence-corrected chi connectivity index (χ2v) is 30.7. The van der Waals surface area contributed by atoms with E-state index in [4.69, 9.17) is 0 Å². The van der Waals surface area contributed by atoms with Gasteiger partial charge in [-0.05, 0) is 116 Å². The summed E-state index contributed by atoms with van der Waals surface area (Å²) in [5.41, 5.74) is 1.22. The number of nitrogens with one attached hydrogen (secondary N) is 5. The van der Waals surface area contributed by atoms with Crippen LogP contribution in [0.5, 0.6) is 0 Å². The van der Waals surface area contributed by atoms with E-state index in [-0.39, 0.29) is 68.1 Å². The van der Waals surface area contributed by atoms with Gasteiger partial charge in [-0.2, -0.15) is 0 Å². The van der Waals surface area contributed by atoms with Crippen molar-refractivity contribution < 1.29 is 62.6 Å². The zero-order valence-corrected chi connectivity index (χ0v) is 66.0. The number of allylic oxidation sites excluding steroid dienone is 1. The van der Waals surface area contributed by atoms with Crippen LogP contribution in [0.15, 0.2) is 61.2 Å². The average molecular weight is 1450 g/mol. The zero-order chi connectivity index (χ0) is 78.6. The summed E-state index contributed by atoms with van der Waals surface area (Å²) in [6, 6.07) is -1.83. The van der Waals surface area contributed by atoms with E-state index in [1.54, 1.807) is 60.1 Å². The summed E-state index contributed by atoms with van der Waals surface area (Å²) >= 11 is 0. The minimum atomic E-state index is -1.73. The summed E-state index contributed by atoms with van der Waals surface area (Å²) in [6.07, 6.45) is 7.77. The van der Waals surface area contributed by atoms with Crippen molar-refractivity contribution in [2.45, 2.75) is 222 Å². The highest BCUT2D eigenvalue weighted by atomic mass is 16.3. The van der Waals surface area contributed by atoms with Crippen molar-refractivity contribution in [3.05, 3.63) is 72.3 Å². The number of aliphatic hydroxyl groups is 1. The fourth-order valence-electron chi connectivity index (χ4n) is 13.2. The number of fused-ring (bicyclic) bond motifs is 1. The average Bonchev–Trinajstić information content (AvgIpc) is 0.820. The third-order valence-corrected chi connectivity index (χ3v) is 19.6. The molecule has 578 valence electrons. The van der Waals surface area contributed by atoms with Crippen molar-refractivity contribution >= 4 is 87.7 Å². The lowest BCUT2D eigenvalue weighted by atomic mass is 9.91. The van der Waals surface area contributed by atoms with Crippen molar-refractivity contribution in [2.24, 2.45) is 41.4 Å². The molecule has 2 heterocycles. The molecule has 3 aromatic rings. The van der Waals surface area contributed by atoms with Crippen molar-refractivity contribution in [1.29, 1.82) is 0 Å². The maximum Gasteiger partial charge on any atom is 0.251 e. The van der Waals surface area contributed by atoms with Gasteiger partial charge in [-0.15, -0.1) is 0 Å². The van der Waals surface area contributed by atoms with Crippen LogP contribution in [0.25, 0.3) is 16.8 Å². The fourth-order valence-corrected chi connectivity index (χ4v) is 13.2. The Labute approximate surface area is 616 Å². The Morgan fingerprint density at radius 1 is 0.548 bits per heavy atom. The molecule has 27 heteroatoms. The molecule has 4 rings (SSSR count). The summed E-state index contributed by atoms with van der Waals surface area (Å²) in [5, 5.41) is 28.2. The lowest BCUT2D eigenvalue weighted by molar-refractivity contribution is -0.157. The van der Waals surface area contributed by atoms with Gasteiger partial charge in [0.05, 0.1) is 19.0 Å². The summed E-state index contributed by atoms with van der Waals surface area (Å²) < 4.78 is 1.86. The van der Waals surface area contributed by atoms with Crippen LogP contribution in [0.3, 0.4) is 0 Å². The number of benzene rings is 2. The number of carbonyl (C=O) groups excluding carboxylic acids is 12. The second-order valence-electron chi connectivity index (χ2n) is 30.7. The van der Waals surface area contributed by atoms with Crippen LogP contribution in [0.4, 0.5) is 0 Å². The topological polar surface area (TPSA) is 326 Å². The van der Waals surface area contributed by atoms with Crippen LogP contribution >= 0.6 is 0 Å². The van der Waals surface area contributed by atoms with E-state index < -0.39 is 156 Å². The van der Waals surface area contributed by atoms with Gasteiger partial charge in [0.2, 0.25) is 65.0 Å². The van der Waals surface area contributed by atoms with Gasteiger partial charge in [0, 0.05) is 80.4 Å². The smallest absolute Gasteiger partial charge is 0.251 e. The van der Waals surface area contributed by atoms with E-state index in [0.29, 0.717) is 24.0 Å². The molecule has 0 spiro atoms. The third-order valence-electron chi connectivity index (χ3n) is 19.6. The maximum absolute atomic E-state index is 15.6. The number of hydrogen-bond donors (Lipinski definition) is 6. The molecular weight excluding hydrogens is 1330 g/mol. The van der Waals surface area contributed by atoms with Crippen molar-refractivity contribution in [2.75, 3.05) is 62.4 Å². The Morgan fingerprint density at radius 3 is 1.58 bits per heavy atom. The van der Waals surface area contributed by atoms with Gasteiger partial charge in [0.25, 0.3) is 5.91 Å². The fraction of sp³-hybridized carbons (Fsp3) is 0.649. The first-order valence-corrected chi connectivity index (χ1v) is 36.8. The van der Waals surface area contributed by atoms with E-state index in [0.717, 1.165) is 20.7 Å². The molecule has 2 aromatic carbocycles. The monoisotopic (exact) mass is 1450 g/mol. The molecule has 0 saturated carbocycles. The number of likely N-dealkylation sites (N-methyl/N-ethyl adjacent to an activating group) is 7. The van der Waals surface area contributed by atoms with Gasteiger partial charge >= 0.3 is 0 Å². The van der Waals surface area contributed by atoms with Crippen molar-refractivity contribution in [1.82, 2.24) is 70.4 Å². The molecule has 1 aromatic heterocycles. The number of aliphatic hydroxyl groups excluding tert-OH is 1. The van der Waals surface area contributed by atoms with Crippen LogP contribution in [0.1, 0.15) is 165 Å². The van der Waals surface area contributed by atoms with Crippen LogP contribution in [-0.2, 0) is 59.3 Å². The molecule has 1 saturated heterocycles. The molecule has 1 fully saturated rings. The molecule has 27 nitrogen and oxygen atoms in total. The highest BCUT2D eigenvalue weighted by molar-refractivity contribution is 6.09. The molecule has 12 atom stereocenters. The number of rotatable bonds is 20. The third kappa shape index (κ3) is 23.4. The van der Waals surface area contributed by atoms with Crippen LogP contribution in [0.2, 0.25) is 0 Å². The summed E-state index contributed by atoms with van der Waals surface area (Å²) in [6.45, 7) is 28.3. The highest BCUT2D eigenvalue weighted by Gasteiger charge is 2.46. The summed E-state index contributed by atoms with van der Waals surface area (Å²) in [5.74, 6) is -10.7. The van der Waals surface area contributed by atoms with Gasteiger partial charge in [-0.25, -0.2) is 4.98 Å². The van der Waals surface area contributed by atoms with Gasteiger partial charge in [0.15, 0.2) is 0 Å². The second kappa shape index (κ2) is 39.9. The Bertz CT molecular complexity index is 3480. The molecule has 0 bridgehead atoms. The lowest BCUT2D eigenvalue weighted by Crippen LogP contribution is -2.63. The van der Waals surface area contributed by atoms with Gasteiger partial charge in [0.1, 0.15) is 60.4 Å². The predicted molar refractivity (Wildman–Crippen MR) is 401 cm³/mol. The van der Waals surface area contributed by atoms with Crippen molar-refractivity contribution in [3.8, 4) is 0 Å². The van der Waals surface area contributed by atoms with Gasteiger partial charge < -0.3 is 70.6 Å². The van der Waals surface area contributed by atoms with Crippen LogP contribution < -0.4 is 26.6 Å². The molecule has 0 unspecified atom stereocenters. The molecule has 0 radical (unpaired) electrons. The van der Waals surface area contributed by atoms with Gasteiger partial charge in [-0.1, -0.05) is 139 Å². The predicted octanol–water partition coefficient (Wildman–Crippen LogP) is 5.19. The number of nitrogens with zero attached hydrogens (tertiary/aromatic N) is 9. The summed E-state index contributed by atoms with van der Waals surface area (Å²) in [7, 11) is 9.86. The molecule has 0 aliphatic carbocycles. The maximum atomic E-state index is 15.6. The van der Waals surface area contributed by atoms with Crippen LogP contribution in [-0.4, -0.2) is 249 Å². The molecule has 104 heavy (non-hydrogen) atoms. The minimum Gasteiger partial charge on any atom is -0.390 e. The molecule has 1 aliphatic rings. The normalized spacial score (nSPS) is 24.1. The zero-order valence-electron chi connectivity index (χ0n) is 66.0. The number of carbonyl (C=O) groups is 12. The Hall–Kier alpha value is -8.75. The number of amides is 12. The largest absolute Gasteiger partial charge is 0.390 e. The number of aromatic nitrogens is 2. The number of imidazole rings is 1. The quantitative estimate of drug-likeness (QED) is 0.0849. The Balaban J connectivity index is 1.89. The lowest BCUT2D eigenvalue weighted by Gasteiger charge is -2.41. The highest BCUT2D eigenvalue weighted by Crippen LogP contribution is 2.28. The first kappa shape index (κ1) is 87.7. The van der Waals surface area contributed by atoms with E-state index >= 15 is 19.2 Å². The van der Waals surface area contributed by atoms with E-state index in [1.165, 1.54) is 87.7 Å². The minimum absolute atomic E-state index is 0.0286. The standard InChI is InChI=1S/C77H122N14O13/c1-24-57-73(100)84(17)42-62(92)85(18)58(38-44(2)3)70(97)83-63(48(10)11)76(103)86(19)59(39-45(4)5)69(96)80-51(15)67(94)81-52(16)72(99)87(20)60(40-46(6)7)74(101)88(21)61(41-47(8)9)75(102)89(22)64(49(12)13)77(104)90(23)65(71(98)82-57)66(93)50(14)28-27-29-53-32-33-56(55-31-26-25-30-54(53)55)68(95)79-35-37-91-36-34-78-43-91/h25-27,29-34,36,43-52,57-61,63-66,93H,24,28,35,37-42H2,1-23H3,(H,79,95)(H,80,96)(H,81,94)(H,82,98)(H,83,97)/t50-,51+,52-,57+,58+,59+,60+,61+,63+,64+,65+,66-/m1/s1. The SMILES string of the molecule is CC[C@@H]1NC(=O)[C@H]([C@H](O)[C@H](C)CC=Cc2ccc(C(=O)NCCn3ccnc3)c3ccccc23)N(C)C(=O)[C@H](C(C)C)N(C)C(=O)[C@H](CC(C)C)N(C)C(=O)[C@H](CC(C)C)N(C)C(=O)[C@@H](C)NC(=O)[C@H](C)NC(=O)[C@H](CC(C)C)N(C)C(=O)[C@H](C(C)C)NC(=O)[C@H](CC(C)C)N(C)C(=O)CN(C)C1=O. The molecule has 12 amide bonds. The summed E-state index contributed by atoms with van der Waals surface area (Å²) in [4.78, 5) is 189. The van der Waals surface area contributed by atoms with Crippen LogP contribution in [0, 0.1) is 41.4 Å². The van der Waals surface area contributed by atoms with Crippen molar-refractivity contribution in [3.63, 3.8) is 0 Å².